The molecule has 14 nitrogen and oxygen atoms in total. The molecule has 4 atom stereocenters. The van der Waals surface area contributed by atoms with Gasteiger partial charge >= 0.3 is 18.0 Å². The van der Waals surface area contributed by atoms with Crippen LogP contribution in [0.2, 0.25) is 0 Å². The van der Waals surface area contributed by atoms with E-state index >= 15 is 0 Å². The van der Waals surface area contributed by atoms with E-state index in [1.165, 1.54) is 16.8 Å². The second-order valence-corrected chi connectivity index (χ2v) is 17.8. The number of aromatic nitrogens is 1. The Morgan fingerprint density at radius 2 is 1.45 bits per heavy atom. The van der Waals surface area contributed by atoms with Crippen LogP contribution in [0.5, 0.6) is 0 Å². The Kier molecular flexibility index (Phi) is 17.2. The molecule has 0 aliphatic heterocycles. The first-order chi connectivity index (χ1) is 26.7. The van der Waals surface area contributed by atoms with Crippen LogP contribution in [0.3, 0.4) is 0 Å². The number of nitrogens with zero attached hydrogens (tertiary/aromatic N) is 3. The van der Waals surface area contributed by atoms with E-state index in [1.54, 1.807) is 54.7 Å². The molecule has 1 aromatic heterocycles. The van der Waals surface area contributed by atoms with Gasteiger partial charge in [-0.1, -0.05) is 72.7 Å². The molecule has 0 aliphatic carbocycles. The number of aryl methyl sites for hydroxylation is 1. The lowest BCUT2D eigenvalue weighted by molar-refractivity contribution is -0.148. The summed E-state index contributed by atoms with van der Waals surface area (Å²) in [5, 5.41) is 6.64. The molecule has 4 amide bonds. The fourth-order valence-electron chi connectivity index (χ4n) is 6.99. The Bertz CT molecular complexity index is 1810. The first kappa shape index (κ1) is 49.3. The average Bonchev–Trinajstić information content (AvgIpc) is 3.46. The molecular weight excluding hydrogens is 743 g/mol. The zero-order chi connectivity index (χ0) is 44.5. The molecule has 1 unspecified atom stereocenters. The van der Waals surface area contributed by atoms with E-state index in [2.05, 4.69) is 10.6 Å². The van der Waals surface area contributed by atoms with E-state index in [0.717, 1.165) is 16.5 Å². The number of esters is 2. The summed E-state index contributed by atoms with van der Waals surface area (Å²) in [6.45, 7) is 23.6. The number of hydrogen-bond acceptors (Lipinski definition) is 9. The lowest BCUT2D eigenvalue weighted by atomic mass is 9.76. The number of benzene rings is 1. The number of carbonyl (C=O) groups excluding carboxylic acids is 6. The monoisotopic (exact) mass is 812 g/mol. The van der Waals surface area contributed by atoms with Gasteiger partial charge in [-0.3, -0.25) is 24.1 Å². The van der Waals surface area contributed by atoms with Crippen molar-refractivity contribution in [3.63, 3.8) is 0 Å². The molecule has 0 saturated heterocycles. The Balaban J connectivity index is 2.55. The molecule has 324 valence electrons. The standard InChI is InChI=1S/C44H69N5O9/c1-17-56-34(50)24-23-31(40(54)57-18-2)45-37(51)28(5)25-33(27(3)4)48(15)39(53)35(42(6,7)8)46-38(52)36(49(16)41(55)58-43(9,10)11)44(12,13)30-26-47(14)32-22-20-19-21-29(30)32/h19-22,25-27,31,33,35-36H,17-18,23-24H2,1-16H3,(H,45,51)(H,46,52)/b28-25+/t31-,33+,35?,36+/m0/s1. The largest absolute Gasteiger partial charge is 0.466 e. The van der Waals surface area contributed by atoms with Crippen molar-refractivity contribution in [3.8, 4) is 0 Å². The SMILES string of the molecule is CCOC(=O)CC[C@H](NC(=O)/C(C)=C/[C@H](C(C)C)N(C)C(=O)C(NC(=O)[C@@H](N(C)C(=O)OC(C)(C)C)C(C)(C)c1cn(C)c2ccccc12)C(C)(C)C)C(=O)OCC. The molecule has 0 radical (unpaired) electrons. The lowest BCUT2D eigenvalue weighted by Gasteiger charge is -2.42. The van der Waals surface area contributed by atoms with E-state index in [1.807, 2.05) is 90.5 Å². The number of amides is 4. The molecule has 14 heteroatoms. The zero-order valence-corrected chi connectivity index (χ0v) is 37.7. The van der Waals surface area contributed by atoms with Gasteiger partial charge in [-0.2, -0.15) is 0 Å². The highest BCUT2D eigenvalue weighted by molar-refractivity contribution is 5.97. The topological polar surface area (TPSA) is 166 Å². The average molecular weight is 812 g/mol. The Labute approximate surface area is 345 Å². The second-order valence-electron chi connectivity index (χ2n) is 17.8. The molecule has 0 aliphatic rings. The summed E-state index contributed by atoms with van der Waals surface area (Å²) in [6.07, 6.45) is 2.80. The van der Waals surface area contributed by atoms with Crippen LogP contribution in [0.4, 0.5) is 4.79 Å². The van der Waals surface area contributed by atoms with Crippen molar-refractivity contribution >= 4 is 46.7 Å². The minimum absolute atomic E-state index is 0.0168. The van der Waals surface area contributed by atoms with Crippen LogP contribution in [0.25, 0.3) is 10.9 Å². The Hall–Kier alpha value is -4.88. The fourth-order valence-corrected chi connectivity index (χ4v) is 6.99. The number of nitrogens with one attached hydrogen (secondary N) is 2. The molecule has 1 heterocycles. The van der Waals surface area contributed by atoms with Crippen molar-refractivity contribution in [1.82, 2.24) is 25.0 Å². The maximum absolute atomic E-state index is 14.8. The van der Waals surface area contributed by atoms with Crippen LogP contribution >= 0.6 is 0 Å². The summed E-state index contributed by atoms with van der Waals surface area (Å²) in [7, 11) is 5.07. The Morgan fingerprint density at radius 1 is 0.862 bits per heavy atom. The normalized spacial score (nSPS) is 14.5. The lowest BCUT2D eigenvalue weighted by Crippen LogP contribution is -2.63. The van der Waals surface area contributed by atoms with Gasteiger partial charge in [-0.05, 0) is 70.9 Å². The summed E-state index contributed by atoms with van der Waals surface area (Å²) in [4.78, 5) is 84.2. The third kappa shape index (κ3) is 12.8. The minimum atomic E-state index is -1.13. The van der Waals surface area contributed by atoms with Crippen LogP contribution in [0.1, 0.15) is 108 Å². The third-order valence-electron chi connectivity index (χ3n) is 10.1. The number of rotatable bonds is 17. The molecule has 2 aromatic rings. The predicted octanol–water partition coefficient (Wildman–Crippen LogP) is 6.04. The van der Waals surface area contributed by atoms with Crippen molar-refractivity contribution in [2.75, 3.05) is 27.3 Å². The van der Waals surface area contributed by atoms with Crippen LogP contribution in [0, 0.1) is 11.3 Å². The van der Waals surface area contributed by atoms with Crippen LogP contribution in [-0.2, 0) is 50.6 Å². The number of hydrogen-bond donors (Lipinski definition) is 2. The smallest absolute Gasteiger partial charge is 0.410 e. The molecule has 0 spiro atoms. The van der Waals surface area contributed by atoms with Gasteiger partial charge in [0.2, 0.25) is 17.7 Å². The molecule has 0 fully saturated rings. The van der Waals surface area contributed by atoms with Crippen molar-refractivity contribution < 1.29 is 43.0 Å². The van der Waals surface area contributed by atoms with Gasteiger partial charge in [0.25, 0.3) is 0 Å². The van der Waals surface area contributed by atoms with Gasteiger partial charge in [0, 0.05) is 55.7 Å². The molecule has 0 bridgehead atoms. The number of likely N-dealkylation sites (N-methyl/N-ethyl adjacent to an activating group) is 2. The van der Waals surface area contributed by atoms with Crippen LogP contribution in [-0.4, -0.2) is 107 Å². The van der Waals surface area contributed by atoms with Crippen molar-refractivity contribution in [1.29, 1.82) is 0 Å². The quantitative estimate of drug-likeness (QED) is 0.110. The number of ether oxygens (including phenoxy) is 3. The molecule has 1 aromatic carbocycles. The summed E-state index contributed by atoms with van der Waals surface area (Å²) in [5.74, 6) is -2.90. The maximum atomic E-state index is 14.8. The van der Waals surface area contributed by atoms with E-state index in [-0.39, 0.29) is 37.5 Å². The molecular formula is C44H69N5O9. The van der Waals surface area contributed by atoms with E-state index in [9.17, 15) is 28.8 Å². The van der Waals surface area contributed by atoms with Gasteiger partial charge in [0.05, 0.1) is 19.3 Å². The first-order valence-corrected chi connectivity index (χ1v) is 20.1. The van der Waals surface area contributed by atoms with E-state index in [0.29, 0.717) is 0 Å². The molecule has 2 rings (SSSR count). The van der Waals surface area contributed by atoms with Crippen LogP contribution in [0.15, 0.2) is 42.1 Å². The van der Waals surface area contributed by atoms with Crippen molar-refractivity contribution in [2.24, 2.45) is 18.4 Å². The number of carbonyl (C=O) groups is 6. The summed E-state index contributed by atoms with van der Waals surface area (Å²) in [5.41, 5.74) is -0.599. The summed E-state index contributed by atoms with van der Waals surface area (Å²) < 4.78 is 17.9. The van der Waals surface area contributed by atoms with E-state index < -0.39 is 76.4 Å². The zero-order valence-electron chi connectivity index (χ0n) is 37.7. The predicted molar refractivity (Wildman–Crippen MR) is 225 cm³/mol. The first-order valence-electron chi connectivity index (χ1n) is 20.1. The van der Waals surface area contributed by atoms with Crippen molar-refractivity contribution in [2.45, 2.75) is 138 Å². The van der Waals surface area contributed by atoms with Crippen molar-refractivity contribution in [3.05, 3.63) is 47.7 Å². The highest BCUT2D eigenvalue weighted by Crippen LogP contribution is 2.37. The minimum Gasteiger partial charge on any atom is -0.466 e. The van der Waals surface area contributed by atoms with Gasteiger partial charge in [0.15, 0.2) is 0 Å². The molecule has 2 N–H and O–H groups in total. The summed E-state index contributed by atoms with van der Waals surface area (Å²) in [6, 6.07) is 3.93. The summed E-state index contributed by atoms with van der Waals surface area (Å²) >= 11 is 0. The highest BCUT2D eigenvalue weighted by Gasteiger charge is 2.47. The highest BCUT2D eigenvalue weighted by atomic mass is 16.6. The van der Waals surface area contributed by atoms with Gasteiger partial charge in [-0.15, -0.1) is 0 Å². The van der Waals surface area contributed by atoms with Gasteiger partial charge in [-0.25, -0.2) is 9.59 Å². The van der Waals surface area contributed by atoms with Gasteiger partial charge < -0.3 is 34.3 Å². The van der Waals surface area contributed by atoms with Crippen LogP contribution < -0.4 is 10.6 Å². The van der Waals surface area contributed by atoms with E-state index in [4.69, 9.17) is 14.2 Å². The number of fused-ring (bicyclic) bond motifs is 1. The second kappa shape index (κ2) is 20.2. The fraction of sp³-hybridized carbons (Fsp3) is 0.636. The Morgan fingerprint density at radius 3 is 1.98 bits per heavy atom. The molecule has 0 saturated carbocycles. The number of para-hydroxylation sites is 1. The maximum Gasteiger partial charge on any atom is 0.410 e. The third-order valence-corrected chi connectivity index (χ3v) is 10.1. The molecule has 58 heavy (non-hydrogen) atoms. The van der Waals surface area contributed by atoms with Gasteiger partial charge in [0.1, 0.15) is 23.7 Å².